The van der Waals surface area contributed by atoms with Gasteiger partial charge in [-0.05, 0) is 353 Å². The lowest BCUT2D eigenvalue weighted by molar-refractivity contribution is 0.0790. The van der Waals surface area contributed by atoms with Crippen LogP contribution in [0.15, 0.2) is 339 Å². The molecule has 0 unspecified atom stereocenters. The van der Waals surface area contributed by atoms with Gasteiger partial charge < -0.3 is 4.57 Å². The Morgan fingerprint density at radius 3 is 0.853 bits per heavy atom. The van der Waals surface area contributed by atoms with Gasteiger partial charge in [0.1, 0.15) is 34.7 Å². The molecule has 0 spiro atoms. The van der Waals surface area contributed by atoms with Gasteiger partial charge in [0.25, 0.3) is 0 Å². The monoisotopic (exact) mass is 2120 g/mol. The first-order valence-corrected chi connectivity index (χ1v) is 57.4. The Hall–Kier alpha value is -14.6. The second-order valence-electron chi connectivity index (χ2n) is 39.9. The van der Waals surface area contributed by atoms with Gasteiger partial charge in [0.05, 0.1) is 115 Å². The second kappa shape index (κ2) is 40.4. The van der Waals surface area contributed by atoms with Gasteiger partial charge in [-0.3, -0.25) is 29.1 Å². The van der Waals surface area contributed by atoms with Crippen LogP contribution in [0.2, 0.25) is 0 Å². The number of sulfone groups is 4. The number of hydrogen-bond acceptors (Lipinski definition) is 21. The largest absolute Gasteiger partial charge is 0.317 e. The summed E-state index contributed by atoms with van der Waals surface area (Å²) in [6, 6.07) is 64.6. The third-order valence-electron chi connectivity index (χ3n) is 30.8. The number of hydrogen-bond donors (Lipinski definition) is 0. The van der Waals surface area contributed by atoms with Crippen molar-refractivity contribution in [1.82, 2.24) is 53.8 Å². The second-order valence-corrected chi connectivity index (χ2v) is 50.6. The van der Waals surface area contributed by atoms with E-state index >= 15 is 0 Å². The lowest BCUT2D eigenvalue weighted by Crippen LogP contribution is -2.45. The molecule has 16 aromatic rings. The number of Topliss-reactive ketones (excluding diaryl/α,β-unsaturated/α-hetero) is 4. The minimum atomic E-state index is -3.66. The molecule has 0 aliphatic heterocycles. The summed E-state index contributed by atoms with van der Waals surface area (Å²) in [6.45, 7) is 7.68. The van der Waals surface area contributed by atoms with E-state index < -0.39 is 82.0 Å². The van der Waals surface area contributed by atoms with Crippen LogP contribution >= 0.6 is 22.7 Å². The maximum Gasteiger partial charge on any atom is 0.201 e. The van der Waals surface area contributed by atoms with E-state index in [1.165, 1.54) is 71.2 Å². The van der Waals surface area contributed by atoms with Crippen LogP contribution in [0.4, 0.5) is 17.6 Å². The third kappa shape index (κ3) is 18.9. The summed E-state index contributed by atoms with van der Waals surface area (Å²) in [7, 11) is -14.6. The fourth-order valence-electron chi connectivity index (χ4n) is 22.9. The molecule has 0 bridgehead atoms. The number of rotatable bonds is 20. The van der Waals surface area contributed by atoms with Gasteiger partial charge in [0, 0.05) is 53.1 Å². The van der Waals surface area contributed by atoms with Crippen LogP contribution in [-0.2, 0) is 65.0 Å². The van der Waals surface area contributed by atoms with Gasteiger partial charge in [-0.15, -0.1) is 22.7 Å². The predicted molar refractivity (Wildman–Crippen MR) is 567 cm³/mol. The van der Waals surface area contributed by atoms with E-state index in [1.807, 2.05) is 68.8 Å². The van der Waals surface area contributed by atoms with Crippen LogP contribution in [0.5, 0.6) is 0 Å². The van der Waals surface area contributed by atoms with E-state index in [9.17, 15) is 70.4 Å². The number of benzene rings is 8. The molecule has 0 N–H and O–H groups in total. The van der Waals surface area contributed by atoms with Gasteiger partial charge in [-0.25, -0.2) is 75.2 Å². The number of aryl methyl sites for hydroxylation is 4. The van der Waals surface area contributed by atoms with Crippen molar-refractivity contribution >= 4 is 109 Å². The van der Waals surface area contributed by atoms with Gasteiger partial charge in [-0.1, -0.05) is 105 Å². The zero-order chi connectivity index (χ0) is 105. The van der Waals surface area contributed by atoms with Crippen molar-refractivity contribution in [3.8, 4) is 22.7 Å². The number of nitrogens with zero attached hydrogens (tertiary/aromatic N) is 11. The normalized spacial score (nSPS) is 21.0. The summed E-state index contributed by atoms with van der Waals surface area (Å²) >= 11 is 2.55. The molecule has 150 heavy (non-hydrogen) atoms. The quantitative estimate of drug-likeness (QED) is 0.0505. The van der Waals surface area contributed by atoms with Crippen LogP contribution < -0.4 is 0 Å². The van der Waals surface area contributed by atoms with Crippen LogP contribution in [0.25, 0.3) is 47.1 Å². The van der Waals surface area contributed by atoms with Crippen molar-refractivity contribution in [3.05, 3.63) is 431 Å². The highest BCUT2D eigenvalue weighted by Crippen LogP contribution is 2.58. The Kier molecular flexibility index (Phi) is 27.3. The van der Waals surface area contributed by atoms with Crippen molar-refractivity contribution in [2.75, 3.05) is 0 Å². The molecule has 760 valence electrons. The Balaban J connectivity index is 0.000000117. The van der Waals surface area contributed by atoms with Crippen molar-refractivity contribution in [2.24, 2.45) is 21.7 Å². The highest BCUT2D eigenvalue weighted by atomic mass is 32.2. The molecule has 33 heteroatoms. The van der Waals surface area contributed by atoms with Crippen molar-refractivity contribution < 1.29 is 70.4 Å². The highest BCUT2D eigenvalue weighted by Gasteiger charge is 2.58. The molecule has 8 atom stereocenters. The van der Waals surface area contributed by atoms with Gasteiger partial charge in [0.15, 0.2) is 60.9 Å². The Morgan fingerprint density at radius 1 is 0.307 bits per heavy atom. The molecule has 4 saturated carbocycles. The van der Waals surface area contributed by atoms with Crippen LogP contribution in [0, 0.1) is 72.6 Å². The third-order valence-corrected chi connectivity index (χ3v) is 41.2. The van der Waals surface area contributed by atoms with Crippen LogP contribution in [0.1, 0.15) is 185 Å². The van der Waals surface area contributed by atoms with Gasteiger partial charge in [0.2, 0.25) is 11.6 Å². The molecule has 4 fully saturated rings. The molecule has 0 radical (unpaired) electrons. The minimum Gasteiger partial charge on any atom is -0.317 e. The summed E-state index contributed by atoms with van der Waals surface area (Å²) in [5.74, 6) is -1.90. The molecule has 8 heterocycles. The van der Waals surface area contributed by atoms with Gasteiger partial charge >= 0.3 is 0 Å². The first-order chi connectivity index (χ1) is 72.1. The Labute approximate surface area is 873 Å². The zero-order valence-corrected chi connectivity index (χ0v) is 86.9. The van der Waals surface area contributed by atoms with E-state index in [0.29, 0.717) is 120 Å². The van der Waals surface area contributed by atoms with E-state index in [0.717, 1.165) is 95.3 Å². The minimum absolute atomic E-state index is 0.141. The van der Waals surface area contributed by atoms with E-state index in [2.05, 4.69) is 35.2 Å². The molecular formula is C117H101F4N11O12S6. The summed E-state index contributed by atoms with van der Waals surface area (Å²) in [6.07, 6.45) is 27.2. The molecule has 8 aromatic heterocycles. The Morgan fingerprint density at radius 2 is 0.580 bits per heavy atom. The lowest BCUT2D eigenvalue weighted by atomic mass is 9.61. The highest BCUT2D eigenvalue weighted by molar-refractivity contribution is 7.93. The molecule has 23 nitrogen and oxygen atoms in total. The van der Waals surface area contributed by atoms with Crippen molar-refractivity contribution in [2.45, 2.75) is 171 Å². The molecule has 0 amide bonds. The molecular weight excluding hydrogens is 2020 g/mol. The van der Waals surface area contributed by atoms with Crippen molar-refractivity contribution in [3.63, 3.8) is 0 Å². The van der Waals surface area contributed by atoms with E-state index in [-0.39, 0.29) is 86.8 Å². The maximum atomic E-state index is 14.2. The molecule has 8 aromatic carbocycles. The summed E-state index contributed by atoms with van der Waals surface area (Å²) < 4.78 is 171. The summed E-state index contributed by atoms with van der Waals surface area (Å²) in [5.41, 5.74) is 14.1. The van der Waals surface area contributed by atoms with E-state index in [1.54, 1.807) is 250 Å². The zero-order valence-electron chi connectivity index (χ0n) is 82.0. The lowest BCUT2D eigenvalue weighted by Gasteiger charge is -2.43. The number of carbonyl (C=O) groups is 4. The predicted octanol–water partition coefficient (Wildman–Crippen LogP) is 22.9. The molecule has 8 aliphatic carbocycles. The number of aromatic nitrogens is 11. The number of halogens is 4. The number of thiazole rings is 2. The average Bonchev–Trinajstić information content (AvgIpc) is 1.39. The van der Waals surface area contributed by atoms with Crippen LogP contribution in [0.3, 0.4) is 0 Å². The maximum absolute atomic E-state index is 14.2. The Bertz CT molecular complexity index is 8060. The molecule has 0 saturated heterocycles. The standard InChI is InChI=1S/C31H27FN2O3S.C30H26FN3O3S.2C28H24FN3O3S2/c1-21-5-12-26(13-6-21)38(36,37)27-14-7-23-18-29-22(15-17-34(29)25-10-8-24(32)9-11-25)19-31(23,20-27)30(35)28-4-2-3-16-33-28;1-20-5-12-25(13-6-20)38(36,37)26-14-7-22-16-28-21(19-33-34(28)24-10-8-23(31)9-11-24)17-30(22,18-26)29(35)27-4-2-3-15-32-27;2*1-18-2-9-23(10-3-18)37(34,35)24-11-4-20-14-25-19(17-31-32(25)22-7-5-21(29)6-8-22)15-28(20,16-24)26(33)27-30-12-13-36-27/h2-6,8-13,15-18,27H,7,14,19-20H2,1H3;2-6,8-13,15-16,19,26H,7,14,17-18H2,1H3;2*2-3,5-10,12-14,17,24H,4,11,15-16H2,1H3/t27-,31-;26-,30+;24-,28+;24-,28-/m0110/s1. The van der Waals surface area contributed by atoms with E-state index in [4.69, 9.17) is 0 Å². The number of allylic oxidation sites excluding steroid dienone is 4. The topological polar surface area (TPSA) is 315 Å². The fraction of sp³-hybridized carbons (Fsp3) is 0.239. The number of pyridine rings is 2. The van der Waals surface area contributed by atoms with Gasteiger partial charge in [-0.2, -0.15) is 15.3 Å². The SMILES string of the molecule is Cc1ccc(S(=O)(=O)[C@@H]2CCC3=Cc4c(cnn4-c4ccc(F)cc4)C[C@]3(C(=O)c3ccccn3)C2)cc1.Cc1ccc(S(=O)(=O)[C@@H]2CCC3=Cc4c(cnn4-c4ccc(F)cc4)C[C@]3(C(=O)c3nccs3)C2)cc1.Cc1ccc(S(=O)(=O)[C@H]2CCC3=Cc4c(ccn4-c4ccc(F)cc4)C[C@]3(C(=O)c3ccccn3)C2)cc1.Cc1ccc(S(=O)(=O)[C@H]2CCC3=Cc4c(cnn4-c4ccc(F)cc4)C[C@]3(C(=O)c3nccs3)C2)cc1. The van der Waals surface area contributed by atoms with Crippen molar-refractivity contribution in [1.29, 1.82) is 0 Å². The summed E-state index contributed by atoms with van der Waals surface area (Å²) in [5, 5.41) is 15.1. The number of carbonyl (C=O) groups excluding carboxylic acids is 4. The average molecular weight is 2120 g/mol. The smallest absolute Gasteiger partial charge is 0.201 e. The molecule has 24 rings (SSSR count). The molecule has 8 aliphatic rings. The van der Waals surface area contributed by atoms with Crippen LogP contribution in [-0.4, -0.2) is 132 Å². The first-order valence-electron chi connectivity index (χ1n) is 49.4. The number of fused-ring (bicyclic) bond motifs is 8. The summed E-state index contributed by atoms with van der Waals surface area (Å²) in [4.78, 5) is 74.8. The first kappa shape index (κ1) is 101. The number of ketones is 4. The fourth-order valence-corrected chi connectivity index (χ4v) is 31.5.